The first-order valence-corrected chi connectivity index (χ1v) is 10.3. The van der Waals surface area contributed by atoms with Gasteiger partial charge in [-0.05, 0) is 52.6 Å². The summed E-state index contributed by atoms with van der Waals surface area (Å²) in [6.07, 6.45) is 8.00. The molecule has 0 atom stereocenters. The van der Waals surface area contributed by atoms with Crippen LogP contribution < -0.4 is 4.90 Å². The number of rotatable bonds is 4. The van der Waals surface area contributed by atoms with E-state index >= 15 is 0 Å². The Bertz CT molecular complexity index is 771. The molecular weight excluding hydrogens is 338 g/mol. The molecule has 0 aromatic carbocycles. The summed E-state index contributed by atoms with van der Waals surface area (Å²) in [6.45, 7) is 9.36. The number of piperidine rings is 2. The van der Waals surface area contributed by atoms with Crippen LogP contribution in [0.3, 0.4) is 0 Å². The largest absolute Gasteiger partial charge is 0.355 e. The number of hydrogen-bond acceptors (Lipinski definition) is 6. The predicted molar refractivity (Wildman–Crippen MR) is 106 cm³/mol. The van der Waals surface area contributed by atoms with E-state index in [1.807, 2.05) is 20.0 Å². The molecule has 2 saturated heterocycles. The number of likely N-dealkylation sites (tertiary alicyclic amines) is 1. The van der Waals surface area contributed by atoms with Crippen LogP contribution in [0.2, 0.25) is 0 Å². The topological polar surface area (TPSA) is 63.0 Å². The molecule has 7 nitrogen and oxygen atoms in total. The highest BCUT2D eigenvalue weighted by atomic mass is 15.3. The van der Waals surface area contributed by atoms with Crippen molar-refractivity contribution in [3.8, 4) is 0 Å². The highest BCUT2D eigenvalue weighted by molar-refractivity contribution is 5.43. The van der Waals surface area contributed by atoms with Crippen molar-refractivity contribution in [3.05, 3.63) is 29.2 Å². The van der Waals surface area contributed by atoms with Gasteiger partial charge in [-0.25, -0.2) is 4.98 Å². The Labute approximate surface area is 161 Å². The van der Waals surface area contributed by atoms with Gasteiger partial charge >= 0.3 is 0 Å². The normalized spacial score (nSPS) is 19.6. The van der Waals surface area contributed by atoms with E-state index in [-0.39, 0.29) is 0 Å². The van der Waals surface area contributed by atoms with Gasteiger partial charge in [0.2, 0.25) is 0 Å². The molecule has 4 rings (SSSR count). The van der Waals surface area contributed by atoms with Gasteiger partial charge in [0.05, 0.1) is 17.9 Å². The molecule has 7 heteroatoms. The molecule has 4 heterocycles. The summed E-state index contributed by atoms with van der Waals surface area (Å²) >= 11 is 0. The molecule has 0 spiro atoms. The Balaban J connectivity index is 1.40. The van der Waals surface area contributed by atoms with Crippen molar-refractivity contribution in [2.75, 3.05) is 31.1 Å². The van der Waals surface area contributed by atoms with E-state index < -0.39 is 0 Å². The molecule has 0 unspecified atom stereocenters. The fraction of sp³-hybridized carbons (Fsp3) is 0.700. The lowest BCUT2D eigenvalue weighted by molar-refractivity contribution is 0.213. The lowest BCUT2D eigenvalue weighted by Crippen LogP contribution is -2.35. The smallest absolute Gasteiger partial charge is 0.150 e. The fourth-order valence-corrected chi connectivity index (χ4v) is 4.36. The summed E-state index contributed by atoms with van der Waals surface area (Å²) in [5.74, 6) is 3.77. The van der Waals surface area contributed by atoms with Crippen molar-refractivity contribution in [1.29, 1.82) is 0 Å². The lowest BCUT2D eigenvalue weighted by Gasteiger charge is -2.33. The molecule has 0 N–H and O–H groups in total. The maximum Gasteiger partial charge on any atom is 0.150 e. The Hall–Kier alpha value is -2.02. The molecule has 146 valence electrons. The third-order valence-corrected chi connectivity index (χ3v) is 6.02. The maximum atomic E-state index is 4.71. The Morgan fingerprint density at radius 1 is 1.00 bits per heavy atom. The minimum atomic E-state index is 0.479. The van der Waals surface area contributed by atoms with Gasteiger partial charge in [0.15, 0.2) is 0 Å². The van der Waals surface area contributed by atoms with Crippen LogP contribution in [-0.2, 0) is 13.6 Å². The molecule has 0 aliphatic carbocycles. The van der Waals surface area contributed by atoms with E-state index in [1.54, 1.807) is 0 Å². The van der Waals surface area contributed by atoms with Crippen molar-refractivity contribution in [3.63, 3.8) is 0 Å². The molecule has 0 bridgehead atoms. The molecule has 0 amide bonds. The van der Waals surface area contributed by atoms with E-state index in [0.29, 0.717) is 5.92 Å². The second-order valence-electron chi connectivity index (χ2n) is 8.05. The van der Waals surface area contributed by atoms with Crippen molar-refractivity contribution in [1.82, 2.24) is 29.6 Å². The Morgan fingerprint density at radius 2 is 1.74 bits per heavy atom. The minimum Gasteiger partial charge on any atom is -0.355 e. The molecule has 2 aliphatic heterocycles. The molecule has 0 radical (unpaired) electrons. The van der Waals surface area contributed by atoms with Gasteiger partial charge in [-0.15, -0.1) is 10.2 Å². The summed E-state index contributed by atoms with van der Waals surface area (Å²) < 4.78 is 2.24. The number of anilines is 1. The molecule has 2 fully saturated rings. The van der Waals surface area contributed by atoms with E-state index in [2.05, 4.69) is 36.6 Å². The third-order valence-electron chi connectivity index (χ3n) is 6.02. The fourth-order valence-electron chi connectivity index (χ4n) is 4.36. The molecular formula is C20H31N7. The van der Waals surface area contributed by atoms with E-state index in [4.69, 9.17) is 4.98 Å². The average molecular weight is 370 g/mol. The van der Waals surface area contributed by atoms with Crippen molar-refractivity contribution in [2.24, 2.45) is 7.05 Å². The standard InChI is InChI=1S/C20H31N7/c1-15-13-21-16(2)19(22-15)27-11-7-17(8-12-27)20-24-23-18(25(20)3)14-26-9-5-4-6-10-26/h13,17H,4-12,14H2,1-3H3. The first kappa shape index (κ1) is 18.3. The number of aryl methyl sites for hydroxylation is 2. The van der Waals surface area contributed by atoms with Crippen LogP contribution in [0, 0.1) is 13.8 Å². The van der Waals surface area contributed by atoms with Crippen LogP contribution >= 0.6 is 0 Å². The zero-order chi connectivity index (χ0) is 18.8. The van der Waals surface area contributed by atoms with Gasteiger partial charge in [-0.2, -0.15) is 0 Å². The zero-order valence-electron chi connectivity index (χ0n) is 16.9. The van der Waals surface area contributed by atoms with Crippen molar-refractivity contribution >= 4 is 5.82 Å². The summed E-state index contributed by atoms with van der Waals surface area (Å²) in [6, 6.07) is 0. The quantitative estimate of drug-likeness (QED) is 0.825. The SMILES string of the molecule is Cc1cnc(C)c(N2CCC(c3nnc(CN4CCCCC4)n3C)CC2)n1. The highest BCUT2D eigenvalue weighted by Gasteiger charge is 2.27. The monoisotopic (exact) mass is 369 g/mol. The summed E-state index contributed by atoms with van der Waals surface area (Å²) in [5.41, 5.74) is 2.00. The van der Waals surface area contributed by atoms with E-state index in [0.717, 1.165) is 61.3 Å². The molecule has 0 saturated carbocycles. The van der Waals surface area contributed by atoms with Gasteiger partial charge < -0.3 is 9.47 Å². The highest BCUT2D eigenvalue weighted by Crippen LogP contribution is 2.30. The molecule has 2 aliphatic rings. The van der Waals surface area contributed by atoms with Gasteiger partial charge in [-0.3, -0.25) is 9.88 Å². The van der Waals surface area contributed by atoms with Crippen LogP contribution in [-0.4, -0.2) is 55.8 Å². The zero-order valence-corrected chi connectivity index (χ0v) is 16.9. The second-order valence-corrected chi connectivity index (χ2v) is 8.05. The van der Waals surface area contributed by atoms with Gasteiger partial charge in [0.25, 0.3) is 0 Å². The van der Waals surface area contributed by atoms with Gasteiger partial charge in [0.1, 0.15) is 17.5 Å². The lowest BCUT2D eigenvalue weighted by atomic mass is 9.96. The first-order chi connectivity index (χ1) is 13.1. The second kappa shape index (κ2) is 7.92. The van der Waals surface area contributed by atoms with Crippen LogP contribution in [0.4, 0.5) is 5.82 Å². The Morgan fingerprint density at radius 3 is 2.48 bits per heavy atom. The van der Waals surface area contributed by atoms with Gasteiger partial charge in [-0.1, -0.05) is 6.42 Å². The average Bonchev–Trinajstić information content (AvgIpc) is 3.05. The molecule has 2 aromatic heterocycles. The van der Waals surface area contributed by atoms with Gasteiger partial charge in [0, 0.05) is 32.3 Å². The van der Waals surface area contributed by atoms with Crippen molar-refractivity contribution < 1.29 is 0 Å². The van der Waals surface area contributed by atoms with Crippen LogP contribution in [0.5, 0.6) is 0 Å². The van der Waals surface area contributed by atoms with E-state index in [1.165, 1.54) is 32.4 Å². The summed E-state index contributed by atoms with van der Waals surface area (Å²) in [4.78, 5) is 14.1. The predicted octanol–water partition coefficient (Wildman–Crippen LogP) is 2.59. The van der Waals surface area contributed by atoms with Crippen LogP contribution in [0.25, 0.3) is 0 Å². The number of hydrogen-bond donors (Lipinski definition) is 0. The summed E-state index contributed by atoms with van der Waals surface area (Å²) in [7, 11) is 2.14. The third kappa shape index (κ3) is 3.98. The molecule has 27 heavy (non-hydrogen) atoms. The van der Waals surface area contributed by atoms with E-state index in [9.17, 15) is 0 Å². The van der Waals surface area contributed by atoms with Crippen molar-refractivity contribution in [2.45, 2.75) is 58.4 Å². The Kier molecular flexibility index (Phi) is 5.38. The molecule has 2 aromatic rings. The van der Waals surface area contributed by atoms with Crippen LogP contribution in [0.15, 0.2) is 6.20 Å². The maximum absolute atomic E-state index is 4.71. The summed E-state index contributed by atoms with van der Waals surface area (Å²) in [5, 5.41) is 9.10. The van der Waals surface area contributed by atoms with Crippen LogP contribution in [0.1, 0.15) is 61.1 Å². The number of aromatic nitrogens is 5. The minimum absolute atomic E-state index is 0.479. The number of nitrogens with zero attached hydrogens (tertiary/aromatic N) is 7. The first-order valence-electron chi connectivity index (χ1n) is 10.3.